The fourth-order valence-corrected chi connectivity index (χ4v) is 2.47. The van der Waals surface area contributed by atoms with E-state index in [0.717, 1.165) is 24.3 Å². The quantitative estimate of drug-likeness (QED) is 0.843. The number of aryl methyl sites for hydroxylation is 1. The first-order valence-electron chi connectivity index (χ1n) is 7.53. The lowest BCUT2D eigenvalue weighted by atomic mass is 10.0. The summed E-state index contributed by atoms with van der Waals surface area (Å²) >= 11 is 0. The monoisotopic (exact) mass is 280 g/mol. The number of rotatable bonds is 6. The number of benzene rings is 1. The number of hydrogen-bond donors (Lipinski definition) is 1. The van der Waals surface area contributed by atoms with E-state index in [1.807, 2.05) is 19.9 Å². The van der Waals surface area contributed by atoms with Crippen molar-refractivity contribution in [3.05, 3.63) is 29.1 Å². The standard InChI is InChI=1S/C17H29FN2/c1-11(2)9-20(10-12(3)4)17-7-13(5)16(18)8-15(17)14(6)19/h7-8,11-12,14H,9-10,19H2,1-6H3/t14-/m0/s1. The number of anilines is 1. The molecule has 0 fully saturated rings. The van der Waals surface area contributed by atoms with E-state index in [-0.39, 0.29) is 11.9 Å². The summed E-state index contributed by atoms with van der Waals surface area (Å²) in [5.41, 5.74) is 8.70. The van der Waals surface area contributed by atoms with Gasteiger partial charge in [-0.2, -0.15) is 0 Å². The highest BCUT2D eigenvalue weighted by Crippen LogP contribution is 2.29. The van der Waals surface area contributed by atoms with Gasteiger partial charge >= 0.3 is 0 Å². The Morgan fingerprint density at radius 3 is 1.95 bits per heavy atom. The lowest BCUT2D eigenvalue weighted by molar-refractivity contribution is 0.548. The van der Waals surface area contributed by atoms with Crippen molar-refractivity contribution in [2.24, 2.45) is 17.6 Å². The molecule has 0 unspecified atom stereocenters. The fourth-order valence-electron chi connectivity index (χ4n) is 2.47. The Morgan fingerprint density at radius 2 is 1.55 bits per heavy atom. The van der Waals surface area contributed by atoms with Crippen LogP contribution in [0.15, 0.2) is 12.1 Å². The molecule has 20 heavy (non-hydrogen) atoms. The molecule has 1 rings (SSSR count). The van der Waals surface area contributed by atoms with Crippen LogP contribution in [0.5, 0.6) is 0 Å². The first-order valence-corrected chi connectivity index (χ1v) is 7.53. The van der Waals surface area contributed by atoms with Crippen LogP contribution in [0.1, 0.15) is 51.8 Å². The Hall–Kier alpha value is -1.09. The van der Waals surface area contributed by atoms with Gasteiger partial charge in [-0.25, -0.2) is 4.39 Å². The van der Waals surface area contributed by atoms with E-state index in [1.165, 1.54) is 0 Å². The van der Waals surface area contributed by atoms with Crippen LogP contribution in [0.25, 0.3) is 0 Å². The summed E-state index contributed by atoms with van der Waals surface area (Å²) in [6, 6.07) is 3.38. The van der Waals surface area contributed by atoms with Gasteiger partial charge in [0.15, 0.2) is 0 Å². The van der Waals surface area contributed by atoms with Gasteiger partial charge in [0.05, 0.1) is 0 Å². The first kappa shape index (κ1) is 17.0. The molecule has 0 spiro atoms. The van der Waals surface area contributed by atoms with Crippen LogP contribution < -0.4 is 10.6 Å². The molecule has 0 aliphatic carbocycles. The van der Waals surface area contributed by atoms with Crippen LogP contribution in [0, 0.1) is 24.6 Å². The maximum absolute atomic E-state index is 13.8. The number of nitrogens with zero attached hydrogens (tertiary/aromatic N) is 1. The van der Waals surface area contributed by atoms with E-state index in [0.29, 0.717) is 17.4 Å². The number of halogens is 1. The number of hydrogen-bond acceptors (Lipinski definition) is 2. The van der Waals surface area contributed by atoms with Crippen molar-refractivity contribution in [3.8, 4) is 0 Å². The first-order chi connectivity index (χ1) is 9.22. The lowest BCUT2D eigenvalue weighted by Gasteiger charge is -2.31. The van der Waals surface area contributed by atoms with Gasteiger partial charge < -0.3 is 10.6 Å². The van der Waals surface area contributed by atoms with Crippen LogP contribution in [0.2, 0.25) is 0 Å². The summed E-state index contributed by atoms with van der Waals surface area (Å²) in [6.07, 6.45) is 0. The molecule has 3 heteroatoms. The fraction of sp³-hybridized carbons (Fsp3) is 0.647. The molecule has 0 amide bonds. The third-order valence-corrected chi connectivity index (χ3v) is 3.31. The normalized spacial score (nSPS) is 13.1. The summed E-state index contributed by atoms with van der Waals surface area (Å²) in [5, 5.41) is 0. The second kappa shape index (κ2) is 7.07. The summed E-state index contributed by atoms with van der Waals surface area (Å²) < 4.78 is 13.8. The van der Waals surface area contributed by atoms with E-state index in [2.05, 4.69) is 32.6 Å². The van der Waals surface area contributed by atoms with Gasteiger partial charge in [0.2, 0.25) is 0 Å². The molecule has 1 aromatic carbocycles. The molecule has 114 valence electrons. The minimum atomic E-state index is -0.171. The minimum absolute atomic E-state index is 0.165. The van der Waals surface area contributed by atoms with Crippen molar-refractivity contribution in [3.63, 3.8) is 0 Å². The molecule has 0 aliphatic rings. The van der Waals surface area contributed by atoms with E-state index in [4.69, 9.17) is 5.73 Å². The van der Waals surface area contributed by atoms with Gasteiger partial charge in [0.1, 0.15) is 5.82 Å². The topological polar surface area (TPSA) is 29.3 Å². The molecule has 0 aliphatic heterocycles. The summed E-state index contributed by atoms with van der Waals surface area (Å²) in [7, 11) is 0. The molecule has 1 aromatic rings. The van der Waals surface area contributed by atoms with Crippen molar-refractivity contribution in [2.45, 2.75) is 47.6 Å². The molecule has 0 aromatic heterocycles. The Morgan fingerprint density at radius 1 is 1.05 bits per heavy atom. The van der Waals surface area contributed by atoms with Gasteiger partial charge in [-0.15, -0.1) is 0 Å². The Labute approximate surface area is 123 Å². The highest BCUT2D eigenvalue weighted by molar-refractivity contribution is 5.57. The second-order valence-corrected chi connectivity index (χ2v) is 6.64. The van der Waals surface area contributed by atoms with Crippen molar-refractivity contribution < 1.29 is 4.39 Å². The molecule has 0 saturated heterocycles. The van der Waals surface area contributed by atoms with Crippen molar-refractivity contribution in [2.75, 3.05) is 18.0 Å². The average molecular weight is 280 g/mol. The van der Waals surface area contributed by atoms with Gasteiger partial charge in [-0.3, -0.25) is 0 Å². The zero-order chi connectivity index (χ0) is 15.4. The van der Waals surface area contributed by atoms with E-state index < -0.39 is 0 Å². The van der Waals surface area contributed by atoms with E-state index in [1.54, 1.807) is 6.07 Å². The molecular formula is C17H29FN2. The predicted octanol–water partition coefficient (Wildman–Crippen LogP) is 4.27. The van der Waals surface area contributed by atoms with Gasteiger partial charge in [0.25, 0.3) is 0 Å². The Bertz CT molecular complexity index is 429. The van der Waals surface area contributed by atoms with E-state index in [9.17, 15) is 4.39 Å². The molecule has 0 saturated carbocycles. The highest BCUT2D eigenvalue weighted by Gasteiger charge is 2.18. The van der Waals surface area contributed by atoms with Gasteiger partial charge in [0, 0.05) is 24.8 Å². The highest BCUT2D eigenvalue weighted by atomic mass is 19.1. The van der Waals surface area contributed by atoms with Crippen LogP contribution in [-0.4, -0.2) is 13.1 Å². The zero-order valence-electron chi connectivity index (χ0n) is 13.7. The molecular weight excluding hydrogens is 251 g/mol. The molecule has 2 nitrogen and oxygen atoms in total. The van der Waals surface area contributed by atoms with E-state index >= 15 is 0 Å². The summed E-state index contributed by atoms with van der Waals surface area (Å²) in [5.74, 6) is 0.940. The Kier molecular flexibility index (Phi) is 6.00. The van der Waals surface area contributed by atoms with Crippen molar-refractivity contribution in [1.29, 1.82) is 0 Å². The zero-order valence-corrected chi connectivity index (χ0v) is 13.7. The maximum Gasteiger partial charge on any atom is 0.126 e. The molecule has 1 atom stereocenters. The Balaban J connectivity index is 3.26. The minimum Gasteiger partial charge on any atom is -0.371 e. The third kappa shape index (κ3) is 4.48. The van der Waals surface area contributed by atoms with Crippen molar-refractivity contribution in [1.82, 2.24) is 0 Å². The molecule has 2 N–H and O–H groups in total. The van der Waals surface area contributed by atoms with Crippen LogP contribution >= 0.6 is 0 Å². The largest absolute Gasteiger partial charge is 0.371 e. The molecule has 0 heterocycles. The lowest BCUT2D eigenvalue weighted by Crippen LogP contribution is -2.33. The molecule has 0 bridgehead atoms. The number of nitrogens with two attached hydrogens (primary N) is 1. The van der Waals surface area contributed by atoms with Crippen LogP contribution in [0.3, 0.4) is 0 Å². The van der Waals surface area contributed by atoms with Gasteiger partial charge in [-0.05, 0) is 48.9 Å². The average Bonchev–Trinajstić information content (AvgIpc) is 2.29. The second-order valence-electron chi connectivity index (χ2n) is 6.64. The SMILES string of the molecule is Cc1cc(N(CC(C)C)CC(C)C)c([C@H](C)N)cc1F. The third-order valence-electron chi connectivity index (χ3n) is 3.31. The van der Waals surface area contributed by atoms with Gasteiger partial charge in [-0.1, -0.05) is 27.7 Å². The summed E-state index contributed by atoms with van der Waals surface area (Å²) in [6.45, 7) is 14.5. The summed E-state index contributed by atoms with van der Waals surface area (Å²) in [4.78, 5) is 2.35. The predicted molar refractivity (Wildman–Crippen MR) is 85.6 cm³/mol. The van der Waals surface area contributed by atoms with Crippen LogP contribution in [-0.2, 0) is 0 Å². The maximum atomic E-state index is 13.8. The smallest absolute Gasteiger partial charge is 0.126 e. The van der Waals surface area contributed by atoms with Crippen LogP contribution in [0.4, 0.5) is 10.1 Å². The molecule has 0 radical (unpaired) electrons. The van der Waals surface area contributed by atoms with Crippen molar-refractivity contribution >= 4 is 5.69 Å².